The molecule has 0 aliphatic carbocycles. The van der Waals surface area contributed by atoms with Gasteiger partial charge in [-0.15, -0.1) is 0 Å². The maximum atomic E-state index is 5.33. The van der Waals surface area contributed by atoms with E-state index in [0.717, 1.165) is 94.3 Å². The van der Waals surface area contributed by atoms with Gasteiger partial charge in [-0.2, -0.15) is 0 Å². The second-order valence-electron chi connectivity index (χ2n) is 16.8. The number of benzene rings is 10. The van der Waals surface area contributed by atoms with Crippen molar-refractivity contribution < 1.29 is 0 Å². The molecule has 2 heterocycles. The minimum atomic E-state index is 0.597. The minimum absolute atomic E-state index is 0.597. The van der Waals surface area contributed by atoms with Crippen molar-refractivity contribution in [3.05, 3.63) is 255 Å². The molecular weight excluding hydrogens is 813 g/mol. The molecule has 0 unspecified atom stereocenters. The molecule has 4 nitrogen and oxygen atoms in total. The van der Waals surface area contributed by atoms with Crippen LogP contribution in [0.3, 0.4) is 0 Å². The molecule has 0 spiro atoms. The van der Waals surface area contributed by atoms with E-state index in [1.54, 1.807) is 0 Å². The first-order valence-corrected chi connectivity index (χ1v) is 22.7. The highest BCUT2D eigenvalue weighted by molar-refractivity contribution is 6.17. The summed E-state index contributed by atoms with van der Waals surface area (Å²) < 4.78 is 2.44. The van der Waals surface area contributed by atoms with Gasteiger partial charge in [0.05, 0.1) is 11.0 Å². The van der Waals surface area contributed by atoms with E-state index in [1.165, 1.54) is 5.56 Å². The first kappa shape index (κ1) is 39.6. The molecule has 67 heavy (non-hydrogen) atoms. The largest absolute Gasteiger partial charge is 0.309 e. The molecule has 0 saturated carbocycles. The van der Waals surface area contributed by atoms with Crippen molar-refractivity contribution >= 4 is 21.8 Å². The summed E-state index contributed by atoms with van der Waals surface area (Å²) in [5.41, 5.74) is 17.4. The van der Waals surface area contributed by atoms with Crippen LogP contribution in [0.15, 0.2) is 255 Å². The van der Waals surface area contributed by atoms with E-state index in [2.05, 4.69) is 235 Å². The van der Waals surface area contributed by atoms with Gasteiger partial charge in [-0.05, 0) is 98.1 Å². The highest BCUT2D eigenvalue weighted by Gasteiger charge is 2.22. The van der Waals surface area contributed by atoms with E-state index in [1.807, 2.05) is 24.3 Å². The van der Waals surface area contributed by atoms with Gasteiger partial charge in [0.2, 0.25) is 0 Å². The molecule has 0 N–H and O–H groups in total. The molecule has 0 atom stereocenters. The summed E-state index contributed by atoms with van der Waals surface area (Å²) in [6.45, 7) is 0. The molecular formula is C63H42N4. The van der Waals surface area contributed by atoms with Crippen LogP contribution in [0.25, 0.3) is 117 Å². The molecule has 12 aromatic rings. The monoisotopic (exact) mass is 854 g/mol. The zero-order valence-electron chi connectivity index (χ0n) is 36.5. The second-order valence-corrected chi connectivity index (χ2v) is 16.8. The summed E-state index contributed by atoms with van der Waals surface area (Å²) in [4.78, 5) is 15.8. The van der Waals surface area contributed by atoms with Crippen LogP contribution in [0.1, 0.15) is 0 Å². The summed E-state index contributed by atoms with van der Waals surface area (Å²) >= 11 is 0. The Kier molecular flexibility index (Phi) is 10.2. The van der Waals surface area contributed by atoms with E-state index in [0.29, 0.717) is 17.5 Å². The van der Waals surface area contributed by atoms with Crippen molar-refractivity contribution in [1.29, 1.82) is 0 Å². The Bertz CT molecular complexity index is 3630. The third kappa shape index (κ3) is 7.67. The summed E-state index contributed by atoms with van der Waals surface area (Å²) in [6, 6.07) is 90.3. The van der Waals surface area contributed by atoms with Crippen molar-refractivity contribution in [2.45, 2.75) is 0 Å². The Morgan fingerprint density at radius 1 is 0.239 bits per heavy atom. The van der Waals surface area contributed by atoms with Gasteiger partial charge in [0.25, 0.3) is 0 Å². The lowest BCUT2D eigenvalue weighted by atomic mass is 9.95. The van der Waals surface area contributed by atoms with E-state index in [9.17, 15) is 0 Å². The van der Waals surface area contributed by atoms with Gasteiger partial charge in [0, 0.05) is 33.2 Å². The van der Waals surface area contributed by atoms with Crippen LogP contribution in [-0.4, -0.2) is 19.5 Å². The third-order valence-corrected chi connectivity index (χ3v) is 12.6. The van der Waals surface area contributed by atoms with Gasteiger partial charge in [-0.3, -0.25) is 0 Å². The molecule has 2 aromatic heterocycles. The smallest absolute Gasteiger partial charge is 0.164 e. The van der Waals surface area contributed by atoms with Crippen LogP contribution in [0.4, 0.5) is 0 Å². The fourth-order valence-corrected chi connectivity index (χ4v) is 9.34. The normalized spacial score (nSPS) is 11.3. The molecule has 10 aromatic carbocycles. The third-order valence-electron chi connectivity index (χ3n) is 12.6. The molecule has 0 saturated heterocycles. The number of nitrogens with zero attached hydrogens (tertiary/aromatic N) is 4. The minimum Gasteiger partial charge on any atom is -0.309 e. The Morgan fingerprint density at radius 3 is 1.12 bits per heavy atom. The maximum Gasteiger partial charge on any atom is 0.164 e. The van der Waals surface area contributed by atoms with Gasteiger partial charge < -0.3 is 4.57 Å². The number of rotatable bonds is 9. The molecule has 4 heteroatoms. The summed E-state index contributed by atoms with van der Waals surface area (Å²) in [6.07, 6.45) is 0. The molecule has 12 rings (SSSR count). The maximum absolute atomic E-state index is 5.33. The summed E-state index contributed by atoms with van der Waals surface area (Å²) in [5.74, 6) is 1.83. The Morgan fingerprint density at radius 2 is 0.612 bits per heavy atom. The first-order valence-electron chi connectivity index (χ1n) is 22.7. The van der Waals surface area contributed by atoms with Crippen molar-refractivity contribution in [3.63, 3.8) is 0 Å². The van der Waals surface area contributed by atoms with E-state index < -0.39 is 0 Å². The number of fused-ring (bicyclic) bond motifs is 3. The van der Waals surface area contributed by atoms with Crippen LogP contribution >= 0.6 is 0 Å². The number of hydrogen-bond acceptors (Lipinski definition) is 3. The highest BCUT2D eigenvalue weighted by atomic mass is 15.0. The van der Waals surface area contributed by atoms with Crippen molar-refractivity contribution in [2.75, 3.05) is 0 Å². The zero-order valence-corrected chi connectivity index (χ0v) is 36.5. The van der Waals surface area contributed by atoms with Crippen LogP contribution in [0.5, 0.6) is 0 Å². The number of aromatic nitrogens is 4. The molecule has 0 aliphatic rings. The van der Waals surface area contributed by atoms with Crippen molar-refractivity contribution in [1.82, 2.24) is 19.5 Å². The lowest BCUT2D eigenvalue weighted by molar-refractivity contribution is 1.07. The fourth-order valence-electron chi connectivity index (χ4n) is 9.34. The van der Waals surface area contributed by atoms with Gasteiger partial charge in [-0.1, -0.05) is 212 Å². The SMILES string of the molecule is c1ccc(-c2ccc(-c3nc(-c4ccccc4)nc(-c4cc(-c5ccccc5)c5c6cc(-c7ccccc7)ccc6n(-c6cc(-c7ccccc7)cc(-c7ccccc7)c6)c5c4)n3)cc2)cc1. The Hall–Kier alpha value is -8.99. The lowest BCUT2D eigenvalue weighted by Gasteiger charge is -2.15. The van der Waals surface area contributed by atoms with Gasteiger partial charge in [0.15, 0.2) is 17.5 Å². The fraction of sp³-hybridized carbons (Fsp3) is 0. The molecule has 314 valence electrons. The molecule has 0 radical (unpaired) electrons. The van der Waals surface area contributed by atoms with E-state index in [-0.39, 0.29) is 0 Å². The predicted octanol–water partition coefficient (Wildman–Crippen LogP) is 16.3. The average Bonchev–Trinajstić information content (AvgIpc) is 3.75. The van der Waals surface area contributed by atoms with Crippen LogP contribution in [0, 0.1) is 0 Å². The second kappa shape index (κ2) is 17.2. The van der Waals surface area contributed by atoms with E-state index in [4.69, 9.17) is 15.0 Å². The quantitative estimate of drug-likeness (QED) is 0.145. The first-order chi connectivity index (χ1) is 33.2. The van der Waals surface area contributed by atoms with Gasteiger partial charge >= 0.3 is 0 Å². The van der Waals surface area contributed by atoms with Crippen LogP contribution in [0.2, 0.25) is 0 Å². The average molecular weight is 855 g/mol. The summed E-state index contributed by atoms with van der Waals surface area (Å²) in [7, 11) is 0. The van der Waals surface area contributed by atoms with Gasteiger partial charge in [0.1, 0.15) is 0 Å². The Balaban J connectivity index is 1.15. The van der Waals surface area contributed by atoms with Crippen LogP contribution in [-0.2, 0) is 0 Å². The van der Waals surface area contributed by atoms with Crippen LogP contribution < -0.4 is 0 Å². The highest BCUT2D eigenvalue weighted by Crippen LogP contribution is 2.44. The number of hydrogen-bond donors (Lipinski definition) is 0. The topological polar surface area (TPSA) is 43.6 Å². The molecule has 0 bridgehead atoms. The molecule has 0 aliphatic heterocycles. The van der Waals surface area contributed by atoms with E-state index >= 15 is 0 Å². The Labute approximate surface area is 389 Å². The van der Waals surface area contributed by atoms with Gasteiger partial charge in [-0.25, -0.2) is 15.0 Å². The predicted molar refractivity (Wildman–Crippen MR) is 278 cm³/mol. The summed E-state index contributed by atoms with van der Waals surface area (Å²) in [5, 5.41) is 2.32. The zero-order chi connectivity index (χ0) is 44.5. The van der Waals surface area contributed by atoms with Crippen molar-refractivity contribution in [3.8, 4) is 95.5 Å². The lowest BCUT2D eigenvalue weighted by Crippen LogP contribution is -2.01. The molecule has 0 amide bonds. The molecule has 0 fully saturated rings. The van der Waals surface area contributed by atoms with Crippen molar-refractivity contribution in [2.24, 2.45) is 0 Å². The standard InChI is InChI=1S/C63H42N4/c1-7-19-43(20-8-1)47-31-33-50(34-32-47)62-64-61(49-29-17-6-18-30-49)65-63(66-62)54-41-56(48-27-15-5-16-28-48)60-57-40-51(44-21-9-2-10-22-44)35-36-58(57)67(59(60)42-54)55-38-52(45-23-11-3-12-24-45)37-53(39-55)46-25-13-4-14-26-46/h1-42H.